The van der Waals surface area contributed by atoms with Gasteiger partial charge in [-0.1, -0.05) is 34.8 Å². The molecule has 1 aliphatic rings. The molecule has 0 fully saturated rings. The van der Waals surface area contributed by atoms with Crippen LogP contribution in [0, 0.1) is 0 Å². The van der Waals surface area contributed by atoms with Gasteiger partial charge in [0, 0.05) is 17.1 Å². The van der Waals surface area contributed by atoms with Crippen LogP contribution in [0.2, 0.25) is 15.1 Å². The largest absolute Gasteiger partial charge is 0.448 e. The normalized spacial score (nSPS) is 16.5. The number of halogens is 3. The van der Waals surface area contributed by atoms with E-state index < -0.39 is 18.0 Å². The molecule has 0 saturated carbocycles. The molecule has 0 aromatic heterocycles. The summed E-state index contributed by atoms with van der Waals surface area (Å²) in [7, 11) is 0. The minimum atomic E-state index is -0.928. The molecule has 0 spiro atoms. The molecule has 0 bridgehead atoms. The van der Waals surface area contributed by atoms with Crippen molar-refractivity contribution in [1.29, 1.82) is 0 Å². The second-order valence-corrected chi connectivity index (χ2v) is 6.27. The predicted molar refractivity (Wildman–Crippen MR) is 89.5 cm³/mol. The number of nitrogens with one attached hydrogen (secondary N) is 1. The van der Waals surface area contributed by atoms with Gasteiger partial charge in [0.15, 0.2) is 6.10 Å². The topological polar surface area (TPSA) is 55.4 Å². The minimum absolute atomic E-state index is 0.259. The van der Waals surface area contributed by atoms with Crippen LogP contribution in [-0.2, 0) is 16.0 Å². The first-order chi connectivity index (χ1) is 10.9. The van der Waals surface area contributed by atoms with Crippen molar-refractivity contribution in [3.05, 3.63) is 62.6 Å². The first-order valence-corrected chi connectivity index (χ1v) is 7.83. The zero-order valence-electron chi connectivity index (χ0n) is 11.6. The SMILES string of the molecule is O=C1OC(C(=O)Nc2ccc(Cl)c(Cl)c2)Cc2cc(Cl)ccc21. The quantitative estimate of drug-likeness (QED) is 0.799. The van der Waals surface area contributed by atoms with E-state index in [0.717, 1.165) is 0 Å². The number of amides is 1. The lowest BCUT2D eigenvalue weighted by atomic mass is 9.98. The molecule has 0 aliphatic carbocycles. The van der Waals surface area contributed by atoms with Crippen LogP contribution in [0.4, 0.5) is 5.69 Å². The van der Waals surface area contributed by atoms with E-state index in [0.29, 0.717) is 31.9 Å². The van der Waals surface area contributed by atoms with E-state index in [1.165, 1.54) is 6.07 Å². The Balaban J connectivity index is 1.78. The summed E-state index contributed by atoms with van der Waals surface area (Å²) in [6.45, 7) is 0. The molecule has 1 amide bonds. The highest BCUT2D eigenvalue weighted by Crippen LogP contribution is 2.27. The van der Waals surface area contributed by atoms with Crippen molar-refractivity contribution in [1.82, 2.24) is 0 Å². The fourth-order valence-corrected chi connectivity index (χ4v) is 2.80. The number of rotatable bonds is 2. The Hall–Kier alpha value is -1.75. The Labute approximate surface area is 147 Å². The first-order valence-electron chi connectivity index (χ1n) is 6.69. The van der Waals surface area contributed by atoms with Crippen LogP contribution in [0.3, 0.4) is 0 Å². The monoisotopic (exact) mass is 369 g/mol. The lowest BCUT2D eigenvalue weighted by Gasteiger charge is -2.24. The molecule has 1 atom stereocenters. The van der Waals surface area contributed by atoms with Crippen LogP contribution in [0.15, 0.2) is 36.4 Å². The molecule has 4 nitrogen and oxygen atoms in total. The molecule has 118 valence electrons. The van der Waals surface area contributed by atoms with E-state index in [4.69, 9.17) is 39.5 Å². The van der Waals surface area contributed by atoms with E-state index in [2.05, 4.69) is 5.32 Å². The van der Waals surface area contributed by atoms with Gasteiger partial charge in [0.2, 0.25) is 0 Å². The number of fused-ring (bicyclic) bond motifs is 1. The van der Waals surface area contributed by atoms with Crippen molar-refractivity contribution in [2.75, 3.05) is 5.32 Å². The van der Waals surface area contributed by atoms with Crippen LogP contribution < -0.4 is 5.32 Å². The van der Waals surface area contributed by atoms with Gasteiger partial charge >= 0.3 is 5.97 Å². The molecule has 3 rings (SSSR count). The fraction of sp³-hybridized carbons (Fsp3) is 0.125. The van der Waals surface area contributed by atoms with E-state index in [1.54, 1.807) is 30.3 Å². The summed E-state index contributed by atoms with van der Waals surface area (Å²) < 4.78 is 5.19. The fourth-order valence-electron chi connectivity index (χ4n) is 2.31. The standard InChI is InChI=1S/C16H10Cl3NO3/c17-9-1-3-11-8(5-9)6-14(23-16(11)22)15(21)20-10-2-4-12(18)13(19)7-10/h1-5,7,14H,6H2,(H,20,21). The maximum atomic E-state index is 12.3. The molecule has 0 radical (unpaired) electrons. The molecule has 23 heavy (non-hydrogen) atoms. The Morgan fingerprint density at radius 3 is 2.61 bits per heavy atom. The lowest BCUT2D eigenvalue weighted by molar-refractivity contribution is -0.125. The minimum Gasteiger partial charge on any atom is -0.448 e. The second kappa shape index (κ2) is 6.40. The Bertz CT molecular complexity index is 807. The summed E-state index contributed by atoms with van der Waals surface area (Å²) in [5.74, 6) is -0.987. The van der Waals surface area contributed by atoms with Crippen molar-refractivity contribution in [3.8, 4) is 0 Å². The van der Waals surface area contributed by atoms with Gasteiger partial charge in [-0.15, -0.1) is 0 Å². The van der Waals surface area contributed by atoms with Crippen LogP contribution in [0.1, 0.15) is 15.9 Å². The summed E-state index contributed by atoms with van der Waals surface area (Å²) in [6.07, 6.45) is -0.669. The summed E-state index contributed by atoms with van der Waals surface area (Å²) in [5.41, 5.74) is 1.58. The van der Waals surface area contributed by atoms with Gasteiger partial charge in [0.05, 0.1) is 15.6 Å². The summed E-state index contributed by atoms with van der Waals surface area (Å²) in [6, 6.07) is 9.57. The lowest BCUT2D eigenvalue weighted by Crippen LogP contribution is -2.38. The highest BCUT2D eigenvalue weighted by Gasteiger charge is 2.31. The van der Waals surface area contributed by atoms with E-state index in [9.17, 15) is 9.59 Å². The molecule has 1 heterocycles. The van der Waals surface area contributed by atoms with Gasteiger partial charge in [-0.3, -0.25) is 4.79 Å². The summed E-state index contributed by atoms with van der Waals surface area (Å²) >= 11 is 17.7. The number of carbonyl (C=O) groups excluding carboxylic acids is 2. The molecule has 2 aromatic rings. The molecule has 1 unspecified atom stereocenters. The molecule has 7 heteroatoms. The average molecular weight is 371 g/mol. The third-order valence-electron chi connectivity index (χ3n) is 3.42. The van der Waals surface area contributed by atoms with Crippen LogP contribution in [0.5, 0.6) is 0 Å². The van der Waals surface area contributed by atoms with E-state index >= 15 is 0 Å². The van der Waals surface area contributed by atoms with E-state index in [-0.39, 0.29) is 6.42 Å². The second-order valence-electron chi connectivity index (χ2n) is 5.02. The van der Waals surface area contributed by atoms with Gasteiger partial charge < -0.3 is 10.1 Å². The highest BCUT2D eigenvalue weighted by atomic mass is 35.5. The Kier molecular flexibility index (Phi) is 4.48. The number of benzene rings is 2. The molecule has 1 aliphatic heterocycles. The molecular weight excluding hydrogens is 361 g/mol. The van der Waals surface area contributed by atoms with Gasteiger partial charge in [-0.2, -0.15) is 0 Å². The number of cyclic esters (lactones) is 1. The van der Waals surface area contributed by atoms with Gasteiger partial charge in [0.25, 0.3) is 5.91 Å². The zero-order chi connectivity index (χ0) is 16.6. The van der Waals surface area contributed by atoms with E-state index in [1.807, 2.05) is 0 Å². The van der Waals surface area contributed by atoms with Crippen molar-refractivity contribution < 1.29 is 14.3 Å². The number of ether oxygens (including phenoxy) is 1. The first kappa shape index (κ1) is 16.1. The van der Waals surface area contributed by atoms with Gasteiger partial charge in [-0.25, -0.2) is 4.79 Å². The number of esters is 1. The third-order valence-corrected chi connectivity index (χ3v) is 4.40. The van der Waals surface area contributed by atoms with Crippen molar-refractivity contribution in [2.24, 2.45) is 0 Å². The molecule has 2 aromatic carbocycles. The van der Waals surface area contributed by atoms with Crippen molar-refractivity contribution >= 4 is 52.4 Å². The summed E-state index contributed by atoms with van der Waals surface area (Å²) in [4.78, 5) is 24.3. The van der Waals surface area contributed by atoms with Crippen LogP contribution >= 0.6 is 34.8 Å². The predicted octanol–water partition coefficient (Wildman–Crippen LogP) is 4.37. The highest BCUT2D eigenvalue weighted by molar-refractivity contribution is 6.42. The molecule has 1 N–H and O–H groups in total. The van der Waals surface area contributed by atoms with Crippen molar-refractivity contribution in [2.45, 2.75) is 12.5 Å². The number of carbonyl (C=O) groups is 2. The summed E-state index contributed by atoms with van der Waals surface area (Å²) in [5, 5.41) is 3.86. The number of hydrogen-bond acceptors (Lipinski definition) is 3. The Morgan fingerprint density at radius 1 is 1.09 bits per heavy atom. The maximum Gasteiger partial charge on any atom is 0.339 e. The molecular formula is C16H10Cl3NO3. The zero-order valence-corrected chi connectivity index (χ0v) is 13.9. The average Bonchev–Trinajstić information content (AvgIpc) is 2.50. The maximum absolute atomic E-state index is 12.3. The van der Waals surface area contributed by atoms with Crippen LogP contribution in [0.25, 0.3) is 0 Å². The smallest absolute Gasteiger partial charge is 0.339 e. The van der Waals surface area contributed by atoms with Crippen LogP contribution in [-0.4, -0.2) is 18.0 Å². The third kappa shape index (κ3) is 3.44. The van der Waals surface area contributed by atoms with Crippen molar-refractivity contribution in [3.63, 3.8) is 0 Å². The van der Waals surface area contributed by atoms with Gasteiger partial charge in [-0.05, 0) is 42.0 Å². The number of hydrogen-bond donors (Lipinski definition) is 1. The number of anilines is 1. The molecule has 0 saturated heterocycles. The Morgan fingerprint density at radius 2 is 1.87 bits per heavy atom. The van der Waals surface area contributed by atoms with Gasteiger partial charge in [0.1, 0.15) is 0 Å².